The predicted octanol–water partition coefficient (Wildman–Crippen LogP) is 4.72. The molecule has 390 valence electrons. The van der Waals surface area contributed by atoms with Crippen molar-refractivity contribution < 1.29 is 78.9 Å². The van der Waals surface area contributed by atoms with Gasteiger partial charge in [0.1, 0.15) is 12.1 Å². The van der Waals surface area contributed by atoms with Crippen LogP contribution in [0, 0.1) is 35.5 Å². The summed E-state index contributed by atoms with van der Waals surface area (Å²) in [5.74, 6) is -5.99. The molecule has 0 saturated heterocycles. The second-order valence-corrected chi connectivity index (χ2v) is 17.3. The summed E-state index contributed by atoms with van der Waals surface area (Å²) >= 11 is 0. The zero-order valence-corrected chi connectivity index (χ0v) is 40.6. The molecule has 0 saturated carbocycles. The highest BCUT2D eigenvalue weighted by Crippen LogP contribution is 2.15. The average Bonchev–Trinajstić information content (AvgIpc) is 3.25. The maximum absolute atomic E-state index is 11.7. The second-order valence-electron chi connectivity index (χ2n) is 17.3. The van der Waals surface area contributed by atoms with E-state index in [1.807, 2.05) is 0 Å². The molecule has 2 rings (SSSR count). The van der Waals surface area contributed by atoms with Gasteiger partial charge in [0.15, 0.2) is 0 Å². The lowest BCUT2D eigenvalue weighted by molar-refractivity contribution is -0.142. The lowest BCUT2D eigenvalue weighted by Gasteiger charge is -2.13. The predicted molar refractivity (Wildman–Crippen MR) is 257 cm³/mol. The fraction of sp³-hybridized carbons (Fsp3) is 0.562. The lowest BCUT2D eigenvalue weighted by Crippen LogP contribution is -2.41. The SMILES string of the molecule is CC(C)CC(CN)CC(=O)O.CC(C)C[C@H](CN)CC(=O)O.CC(C)C[C@H](CN)CC(=O)O.O=C(O)CC[C@@H](NC(=O)c1ccccc1)C(=O)O.O=C(O)CC[C@@H](NC(=O)c1ccccc1)C(=O)O. The highest BCUT2D eigenvalue weighted by Gasteiger charge is 2.23. The number of carboxylic acid groups (broad SMARTS) is 7. The molecular formula is C48H77N5O16. The molecular weight excluding hydrogens is 903 g/mol. The van der Waals surface area contributed by atoms with Crippen molar-refractivity contribution in [2.75, 3.05) is 19.6 Å². The Morgan fingerprint density at radius 1 is 0.420 bits per heavy atom. The van der Waals surface area contributed by atoms with Gasteiger partial charge in [-0.1, -0.05) is 77.9 Å². The maximum atomic E-state index is 11.7. The van der Waals surface area contributed by atoms with Gasteiger partial charge in [0.25, 0.3) is 11.8 Å². The van der Waals surface area contributed by atoms with Crippen molar-refractivity contribution >= 4 is 53.6 Å². The summed E-state index contributed by atoms with van der Waals surface area (Å²) in [6.45, 7) is 13.9. The van der Waals surface area contributed by atoms with Crippen molar-refractivity contribution in [3.8, 4) is 0 Å². The molecule has 1 unspecified atom stereocenters. The molecule has 2 aromatic carbocycles. The van der Waals surface area contributed by atoms with Gasteiger partial charge in [-0.25, -0.2) is 9.59 Å². The molecule has 21 heteroatoms. The number of amides is 2. The van der Waals surface area contributed by atoms with Crippen LogP contribution < -0.4 is 27.8 Å². The molecule has 15 N–H and O–H groups in total. The Labute approximate surface area is 404 Å². The quantitative estimate of drug-likeness (QED) is 0.0576. The zero-order valence-electron chi connectivity index (χ0n) is 40.6. The van der Waals surface area contributed by atoms with Gasteiger partial charge in [-0.05, 0) is 112 Å². The van der Waals surface area contributed by atoms with Gasteiger partial charge in [-0.2, -0.15) is 0 Å². The van der Waals surface area contributed by atoms with Gasteiger partial charge in [0.2, 0.25) is 0 Å². The molecule has 21 nitrogen and oxygen atoms in total. The van der Waals surface area contributed by atoms with Crippen LogP contribution in [0.1, 0.15) is 126 Å². The van der Waals surface area contributed by atoms with Crippen LogP contribution in [-0.2, 0) is 33.6 Å². The molecule has 0 fully saturated rings. The largest absolute Gasteiger partial charge is 0.481 e. The van der Waals surface area contributed by atoms with Gasteiger partial charge in [-0.15, -0.1) is 0 Å². The Morgan fingerprint density at radius 3 is 0.841 bits per heavy atom. The van der Waals surface area contributed by atoms with Crippen LogP contribution in [0.4, 0.5) is 0 Å². The smallest absolute Gasteiger partial charge is 0.326 e. The number of nitrogens with one attached hydrogen (secondary N) is 2. The van der Waals surface area contributed by atoms with E-state index in [1.165, 1.54) is 0 Å². The highest BCUT2D eigenvalue weighted by molar-refractivity contribution is 5.97. The molecule has 2 aromatic rings. The van der Waals surface area contributed by atoms with Gasteiger partial charge >= 0.3 is 41.8 Å². The third kappa shape index (κ3) is 40.3. The minimum Gasteiger partial charge on any atom is -0.481 e. The molecule has 0 heterocycles. The van der Waals surface area contributed by atoms with Crippen molar-refractivity contribution in [1.82, 2.24) is 10.6 Å². The molecule has 0 spiro atoms. The van der Waals surface area contributed by atoms with Gasteiger partial charge in [0.05, 0.1) is 0 Å². The highest BCUT2D eigenvalue weighted by atomic mass is 16.4. The number of rotatable bonds is 27. The van der Waals surface area contributed by atoms with E-state index in [0.717, 1.165) is 19.3 Å². The fourth-order valence-electron chi connectivity index (χ4n) is 6.24. The first-order valence-corrected chi connectivity index (χ1v) is 22.6. The van der Waals surface area contributed by atoms with Crippen LogP contribution in [0.25, 0.3) is 0 Å². The van der Waals surface area contributed by atoms with E-state index in [4.69, 9.17) is 52.9 Å². The van der Waals surface area contributed by atoms with E-state index < -0.39 is 65.7 Å². The van der Waals surface area contributed by atoms with E-state index in [9.17, 15) is 43.2 Å². The Morgan fingerprint density at radius 2 is 0.667 bits per heavy atom. The van der Waals surface area contributed by atoms with Gasteiger partial charge in [-0.3, -0.25) is 33.6 Å². The standard InChI is InChI=1S/2C12H13NO5.3C8H17NO2/c2*14-10(15)7-6-9(12(17)18)13-11(16)8-4-2-1-3-5-8;3*1-6(2)3-7(5-9)4-8(10)11/h2*1-5,9H,6-7H2,(H,13,16)(H,14,15)(H,17,18);3*6-7H,3-5,9H2,1-2H3,(H,10,11)/t2*9-;2*7-;/m1100./s1. The van der Waals surface area contributed by atoms with Crippen LogP contribution in [0.3, 0.4) is 0 Å². The van der Waals surface area contributed by atoms with Crippen molar-refractivity contribution in [3.63, 3.8) is 0 Å². The third-order valence-corrected chi connectivity index (χ3v) is 9.38. The summed E-state index contributed by atoms with van der Waals surface area (Å²) < 4.78 is 0. The summed E-state index contributed by atoms with van der Waals surface area (Å²) in [4.78, 5) is 96.7. The fourth-order valence-corrected chi connectivity index (χ4v) is 6.24. The average molecular weight is 980 g/mol. The first-order valence-electron chi connectivity index (χ1n) is 22.6. The molecule has 0 aliphatic heterocycles. The molecule has 5 atom stereocenters. The topological polar surface area (TPSA) is 397 Å². The van der Waals surface area contributed by atoms with Crippen LogP contribution in [0.5, 0.6) is 0 Å². The second kappa shape index (κ2) is 39.5. The van der Waals surface area contributed by atoms with E-state index in [0.29, 0.717) is 48.5 Å². The molecule has 0 aromatic heterocycles. The maximum Gasteiger partial charge on any atom is 0.326 e. The van der Waals surface area contributed by atoms with E-state index in [2.05, 4.69) is 52.2 Å². The number of aliphatic carboxylic acids is 7. The Balaban J connectivity index is -0.000000807. The molecule has 0 radical (unpaired) electrons. The van der Waals surface area contributed by atoms with Crippen molar-refractivity contribution in [2.24, 2.45) is 52.7 Å². The molecule has 69 heavy (non-hydrogen) atoms. The van der Waals surface area contributed by atoms with Crippen molar-refractivity contribution in [3.05, 3.63) is 71.8 Å². The number of carboxylic acids is 7. The van der Waals surface area contributed by atoms with Gasteiger partial charge < -0.3 is 63.6 Å². The molecule has 0 aliphatic rings. The van der Waals surface area contributed by atoms with E-state index in [1.54, 1.807) is 60.7 Å². The summed E-state index contributed by atoms with van der Waals surface area (Å²) in [6.07, 6.45) is 2.40. The minimum absolute atomic E-state index is 0.146. The Hall–Kier alpha value is -6.45. The van der Waals surface area contributed by atoms with Crippen LogP contribution in [-0.4, -0.2) is 121 Å². The number of benzene rings is 2. The van der Waals surface area contributed by atoms with Crippen molar-refractivity contribution in [2.45, 2.75) is 118 Å². The van der Waals surface area contributed by atoms with Gasteiger partial charge in [0, 0.05) is 43.2 Å². The normalized spacial score (nSPS) is 12.5. The number of hydrogen-bond donors (Lipinski definition) is 12. The third-order valence-electron chi connectivity index (χ3n) is 9.38. The van der Waals surface area contributed by atoms with Crippen molar-refractivity contribution in [1.29, 1.82) is 0 Å². The van der Waals surface area contributed by atoms with E-state index in [-0.39, 0.29) is 62.7 Å². The molecule has 2 amide bonds. The summed E-state index contributed by atoms with van der Waals surface area (Å²) in [6, 6.07) is 13.9. The van der Waals surface area contributed by atoms with Crippen LogP contribution in [0.2, 0.25) is 0 Å². The first kappa shape index (κ1) is 66.8. The van der Waals surface area contributed by atoms with E-state index >= 15 is 0 Å². The number of carbonyl (C=O) groups is 9. The molecule has 0 aliphatic carbocycles. The zero-order chi connectivity index (χ0) is 53.6. The first-order chi connectivity index (χ1) is 32.2. The van der Waals surface area contributed by atoms with Crippen LogP contribution >= 0.6 is 0 Å². The minimum atomic E-state index is -1.25. The lowest BCUT2D eigenvalue weighted by atomic mass is 9.94. The summed E-state index contributed by atoms with van der Waals surface area (Å²) in [5, 5.41) is 64.7. The summed E-state index contributed by atoms with van der Waals surface area (Å²) in [7, 11) is 0. The number of carbonyl (C=O) groups excluding carboxylic acids is 2. The molecule has 0 bridgehead atoms. The number of nitrogens with two attached hydrogens (primary N) is 3. The van der Waals surface area contributed by atoms with Crippen LogP contribution in [0.15, 0.2) is 60.7 Å². The Bertz CT molecular complexity index is 1660. The number of hydrogen-bond acceptors (Lipinski definition) is 12. The monoisotopic (exact) mass is 980 g/mol. The Kier molecular flexibility index (Phi) is 38.3. The summed E-state index contributed by atoms with van der Waals surface area (Å²) in [5.41, 5.74) is 16.9.